The summed E-state index contributed by atoms with van der Waals surface area (Å²) in [6, 6.07) is 7.74. The van der Waals surface area contributed by atoms with Gasteiger partial charge in [-0.2, -0.15) is 0 Å². The van der Waals surface area contributed by atoms with Crippen LogP contribution in [-0.2, 0) is 0 Å². The van der Waals surface area contributed by atoms with Crippen LogP contribution in [0.5, 0.6) is 0 Å². The zero-order valence-electron chi connectivity index (χ0n) is 8.08. The lowest BCUT2D eigenvalue weighted by Crippen LogP contribution is -2.28. The fourth-order valence-electron chi connectivity index (χ4n) is 0.959. The Bertz CT molecular complexity index is 295. The van der Waals surface area contributed by atoms with Gasteiger partial charge in [0.1, 0.15) is 0 Å². The number of rotatable bonds is 3. The molecule has 0 spiro atoms. The van der Waals surface area contributed by atoms with E-state index < -0.39 is 0 Å². The Morgan fingerprint density at radius 1 is 1.36 bits per heavy atom. The molecular formula is C10H14N2S2. The molecule has 0 atom stereocenters. The number of anilines is 1. The van der Waals surface area contributed by atoms with Crippen molar-refractivity contribution in [2.45, 2.75) is 18.2 Å². The molecular weight excluding hydrogens is 212 g/mol. The lowest BCUT2D eigenvalue weighted by atomic mass is 10.3. The summed E-state index contributed by atoms with van der Waals surface area (Å²) in [5.41, 5.74) is 0.983. The lowest BCUT2D eigenvalue weighted by Gasteiger charge is -2.09. The van der Waals surface area contributed by atoms with E-state index in [1.165, 1.54) is 0 Å². The molecule has 76 valence electrons. The number of nitrogens with one attached hydrogen (secondary N) is 2. The molecule has 0 heterocycles. The largest absolute Gasteiger partial charge is 0.362 e. The molecule has 0 radical (unpaired) electrons. The monoisotopic (exact) mass is 226 g/mol. The first kappa shape index (κ1) is 11.3. The Hall–Kier alpha value is -0.740. The van der Waals surface area contributed by atoms with E-state index in [4.69, 9.17) is 12.2 Å². The summed E-state index contributed by atoms with van der Waals surface area (Å²) < 4.78 is 0. The highest BCUT2D eigenvalue weighted by molar-refractivity contribution is 7.80. The molecule has 0 aliphatic heterocycles. The molecule has 4 heteroatoms. The number of benzene rings is 1. The van der Waals surface area contributed by atoms with Gasteiger partial charge in [0.15, 0.2) is 5.11 Å². The first-order valence-electron chi connectivity index (χ1n) is 4.56. The second-order valence-electron chi connectivity index (χ2n) is 2.93. The van der Waals surface area contributed by atoms with Gasteiger partial charge in [-0.25, -0.2) is 0 Å². The number of thiocarbonyl (C=S) groups is 1. The van der Waals surface area contributed by atoms with Crippen LogP contribution in [0.4, 0.5) is 5.69 Å². The average molecular weight is 226 g/mol. The summed E-state index contributed by atoms with van der Waals surface area (Å²) in [6.07, 6.45) is 1.07. The third-order valence-electron chi connectivity index (χ3n) is 1.66. The molecule has 0 fully saturated rings. The summed E-state index contributed by atoms with van der Waals surface area (Å²) in [5.74, 6) is 0. The van der Waals surface area contributed by atoms with Crippen LogP contribution >= 0.6 is 24.8 Å². The van der Waals surface area contributed by atoms with Crippen LogP contribution in [0.3, 0.4) is 0 Å². The van der Waals surface area contributed by atoms with Crippen LogP contribution < -0.4 is 10.6 Å². The first-order valence-corrected chi connectivity index (χ1v) is 5.42. The van der Waals surface area contributed by atoms with Crippen LogP contribution in [-0.4, -0.2) is 11.7 Å². The van der Waals surface area contributed by atoms with Crippen molar-refractivity contribution in [1.29, 1.82) is 0 Å². The summed E-state index contributed by atoms with van der Waals surface area (Å²) in [4.78, 5) is 0.947. The van der Waals surface area contributed by atoms with Crippen LogP contribution in [0.25, 0.3) is 0 Å². The quantitative estimate of drug-likeness (QED) is 0.545. The van der Waals surface area contributed by atoms with Crippen molar-refractivity contribution < 1.29 is 0 Å². The van der Waals surface area contributed by atoms with Crippen molar-refractivity contribution in [3.05, 3.63) is 24.3 Å². The van der Waals surface area contributed by atoms with Gasteiger partial charge in [0.25, 0.3) is 0 Å². The number of hydrogen-bond acceptors (Lipinski definition) is 2. The molecule has 0 saturated heterocycles. The average Bonchev–Trinajstić information content (AvgIpc) is 2.18. The Morgan fingerprint density at radius 3 is 2.57 bits per heavy atom. The normalized spacial score (nSPS) is 9.57. The van der Waals surface area contributed by atoms with Crippen LogP contribution in [0.1, 0.15) is 13.3 Å². The van der Waals surface area contributed by atoms with E-state index in [1.54, 1.807) is 0 Å². The Kier molecular flexibility index (Phi) is 4.76. The molecule has 0 bridgehead atoms. The maximum Gasteiger partial charge on any atom is 0.170 e. The molecule has 0 saturated carbocycles. The Labute approximate surface area is 95.5 Å². The zero-order chi connectivity index (χ0) is 10.4. The summed E-state index contributed by atoms with van der Waals surface area (Å²) >= 11 is 9.30. The predicted octanol–water partition coefficient (Wildman–Crippen LogP) is 2.67. The topological polar surface area (TPSA) is 24.1 Å². The molecule has 1 aromatic rings. The predicted molar refractivity (Wildman–Crippen MR) is 68.2 cm³/mol. The maximum atomic E-state index is 5.09. The third-order valence-corrected chi connectivity index (χ3v) is 2.21. The van der Waals surface area contributed by atoms with Crippen molar-refractivity contribution in [2.75, 3.05) is 11.9 Å². The molecule has 0 aromatic heterocycles. The van der Waals surface area contributed by atoms with Gasteiger partial charge in [0.05, 0.1) is 0 Å². The zero-order valence-corrected chi connectivity index (χ0v) is 9.79. The van der Waals surface area contributed by atoms with Crippen LogP contribution in [0.15, 0.2) is 29.2 Å². The van der Waals surface area contributed by atoms with Crippen molar-refractivity contribution in [3.8, 4) is 0 Å². The minimum Gasteiger partial charge on any atom is -0.362 e. The standard InChI is InChI=1S/C10H14N2S2/c1-2-7-11-10(14)12-8-3-5-9(13)6-4-8/h3-6,13H,2,7H2,1H3,(H2,11,12,14). The maximum absolute atomic E-state index is 5.09. The number of hydrogen-bond donors (Lipinski definition) is 3. The minimum absolute atomic E-state index is 0.666. The lowest BCUT2D eigenvalue weighted by molar-refractivity contribution is 0.846. The van der Waals surface area contributed by atoms with Crippen LogP contribution in [0.2, 0.25) is 0 Å². The van der Waals surface area contributed by atoms with E-state index in [9.17, 15) is 0 Å². The first-order chi connectivity index (χ1) is 6.72. The molecule has 2 nitrogen and oxygen atoms in total. The van der Waals surface area contributed by atoms with Gasteiger partial charge in [-0.15, -0.1) is 12.6 Å². The number of thiol groups is 1. The fourth-order valence-corrected chi connectivity index (χ4v) is 1.33. The van der Waals surface area contributed by atoms with E-state index in [-0.39, 0.29) is 0 Å². The summed E-state index contributed by atoms with van der Waals surface area (Å²) in [5, 5.41) is 6.85. The van der Waals surface area contributed by atoms with Gasteiger partial charge in [-0.3, -0.25) is 0 Å². The van der Waals surface area contributed by atoms with Gasteiger partial charge >= 0.3 is 0 Å². The minimum atomic E-state index is 0.666. The smallest absolute Gasteiger partial charge is 0.170 e. The Morgan fingerprint density at radius 2 is 2.00 bits per heavy atom. The van der Waals surface area contributed by atoms with E-state index in [2.05, 4.69) is 30.2 Å². The molecule has 1 aromatic carbocycles. The highest BCUT2D eigenvalue weighted by Crippen LogP contribution is 2.11. The third kappa shape index (κ3) is 3.98. The van der Waals surface area contributed by atoms with Gasteiger partial charge in [-0.1, -0.05) is 6.92 Å². The highest BCUT2D eigenvalue weighted by Gasteiger charge is 1.95. The van der Waals surface area contributed by atoms with E-state index in [1.807, 2.05) is 24.3 Å². The van der Waals surface area contributed by atoms with Gasteiger partial charge in [-0.05, 0) is 42.9 Å². The Balaban J connectivity index is 2.44. The molecule has 0 amide bonds. The molecule has 0 unspecified atom stereocenters. The van der Waals surface area contributed by atoms with Crippen molar-refractivity contribution in [1.82, 2.24) is 5.32 Å². The SMILES string of the molecule is CCCNC(=S)Nc1ccc(S)cc1. The second-order valence-corrected chi connectivity index (χ2v) is 3.85. The summed E-state index contributed by atoms with van der Waals surface area (Å²) in [6.45, 7) is 3.00. The molecule has 2 N–H and O–H groups in total. The van der Waals surface area contributed by atoms with Crippen LogP contribution in [0, 0.1) is 0 Å². The van der Waals surface area contributed by atoms with E-state index >= 15 is 0 Å². The van der Waals surface area contributed by atoms with Crippen molar-refractivity contribution >= 4 is 35.6 Å². The van der Waals surface area contributed by atoms with Gasteiger partial charge in [0.2, 0.25) is 0 Å². The molecule has 0 aliphatic rings. The summed E-state index contributed by atoms with van der Waals surface area (Å²) in [7, 11) is 0. The molecule has 14 heavy (non-hydrogen) atoms. The van der Waals surface area contributed by atoms with Crippen molar-refractivity contribution in [3.63, 3.8) is 0 Å². The fraction of sp³-hybridized carbons (Fsp3) is 0.300. The van der Waals surface area contributed by atoms with Gasteiger partial charge in [0, 0.05) is 17.1 Å². The van der Waals surface area contributed by atoms with E-state index in [0.717, 1.165) is 23.5 Å². The van der Waals surface area contributed by atoms with Gasteiger partial charge < -0.3 is 10.6 Å². The second kappa shape index (κ2) is 5.88. The van der Waals surface area contributed by atoms with E-state index in [0.29, 0.717) is 5.11 Å². The highest BCUT2D eigenvalue weighted by atomic mass is 32.1. The van der Waals surface area contributed by atoms with Crippen molar-refractivity contribution in [2.24, 2.45) is 0 Å². The molecule has 1 rings (SSSR count). The molecule has 0 aliphatic carbocycles.